The van der Waals surface area contributed by atoms with Crippen molar-refractivity contribution >= 4 is 0 Å². The van der Waals surface area contributed by atoms with Crippen LogP contribution in [0.5, 0.6) is 0 Å². The van der Waals surface area contributed by atoms with Crippen LogP contribution in [0.15, 0.2) is 0 Å². The zero-order valence-electron chi connectivity index (χ0n) is 8.26. The fourth-order valence-electron chi connectivity index (χ4n) is 3.18. The standard InChI is InChI=1S/C11H20O2/c12-11(13)9-5-4-8-10(11)6-2-1-3-7-10/h12-13H,1-9H2. The molecule has 1 spiro atoms. The summed E-state index contributed by atoms with van der Waals surface area (Å²) >= 11 is 0. The summed E-state index contributed by atoms with van der Waals surface area (Å²) in [4.78, 5) is 0. The molecule has 13 heavy (non-hydrogen) atoms. The van der Waals surface area contributed by atoms with Gasteiger partial charge in [-0.05, 0) is 25.7 Å². The van der Waals surface area contributed by atoms with E-state index in [4.69, 9.17) is 0 Å². The highest BCUT2D eigenvalue weighted by Crippen LogP contribution is 2.51. The van der Waals surface area contributed by atoms with Crippen LogP contribution < -0.4 is 0 Å². The number of rotatable bonds is 0. The van der Waals surface area contributed by atoms with Gasteiger partial charge in [-0.2, -0.15) is 0 Å². The van der Waals surface area contributed by atoms with Crippen molar-refractivity contribution in [2.75, 3.05) is 0 Å². The predicted molar refractivity (Wildman–Crippen MR) is 51.2 cm³/mol. The first-order valence-electron chi connectivity index (χ1n) is 5.61. The minimum Gasteiger partial charge on any atom is -0.365 e. The second kappa shape index (κ2) is 3.25. The first kappa shape index (κ1) is 9.47. The maximum atomic E-state index is 10.0. The molecule has 2 heteroatoms. The molecule has 0 bridgehead atoms. The van der Waals surface area contributed by atoms with Crippen molar-refractivity contribution in [3.05, 3.63) is 0 Å². The van der Waals surface area contributed by atoms with E-state index in [9.17, 15) is 10.2 Å². The van der Waals surface area contributed by atoms with Crippen LogP contribution in [0.3, 0.4) is 0 Å². The smallest absolute Gasteiger partial charge is 0.168 e. The van der Waals surface area contributed by atoms with E-state index in [1.807, 2.05) is 0 Å². The van der Waals surface area contributed by atoms with E-state index in [0.29, 0.717) is 6.42 Å². The molecule has 0 aliphatic heterocycles. The SMILES string of the molecule is OC1(O)CCCCC12CCCCC2. The van der Waals surface area contributed by atoms with Crippen molar-refractivity contribution in [1.29, 1.82) is 0 Å². The van der Waals surface area contributed by atoms with Gasteiger partial charge in [-0.15, -0.1) is 0 Å². The highest BCUT2D eigenvalue weighted by atomic mass is 16.5. The van der Waals surface area contributed by atoms with Crippen molar-refractivity contribution in [3.8, 4) is 0 Å². The molecule has 0 unspecified atom stereocenters. The van der Waals surface area contributed by atoms with Gasteiger partial charge < -0.3 is 10.2 Å². The maximum absolute atomic E-state index is 10.0. The van der Waals surface area contributed by atoms with Gasteiger partial charge in [-0.25, -0.2) is 0 Å². The molecule has 2 aliphatic rings. The lowest BCUT2D eigenvalue weighted by Crippen LogP contribution is -2.51. The molecule has 2 N–H and O–H groups in total. The summed E-state index contributed by atoms with van der Waals surface area (Å²) in [6.07, 6.45) is 9.48. The van der Waals surface area contributed by atoms with Crippen molar-refractivity contribution < 1.29 is 10.2 Å². The van der Waals surface area contributed by atoms with Crippen molar-refractivity contribution in [2.45, 2.75) is 63.6 Å². The topological polar surface area (TPSA) is 40.5 Å². The van der Waals surface area contributed by atoms with E-state index in [1.165, 1.54) is 25.7 Å². The summed E-state index contributed by atoms with van der Waals surface area (Å²) in [6, 6.07) is 0. The average Bonchev–Trinajstić information content (AvgIpc) is 2.12. The molecule has 0 amide bonds. The van der Waals surface area contributed by atoms with Gasteiger partial charge in [0.1, 0.15) is 0 Å². The van der Waals surface area contributed by atoms with Gasteiger partial charge >= 0.3 is 0 Å². The fraction of sp³-hybridized carbons (Fsp3) is 1.00. The van der Waals surface area contributed by atoms with Crippen molar-refractivity contribution in [1.82, 2.24) is 0 Å². The molecule has 0 radical (unpaired) electrons. The highest BCUT2D eigenvalue weighted by molar-refractivity contribution is 4.96. The van der Waals surface area contributed by atoms with Crippen LogP contribution >= 0.6 is 0 Å². The lowest BCUT2D eigenvalue weighted by molar-refractivity contribution is -0.270. The minimum absolute atomic E-state index is 0.135. The van der Waals surface area contributed by atoms with Crippen LogP contribution in [0.1, 0.15) is 57.8 Å². The molecule has 76 valence electrons. The van der Waals surface area contributed by atoms with Crippen molar-refractivity contribution in [2.24, 2.45) is 5.41 Å². The molecule has 0 aromatic carbocycles. The van der Waals surface area contributed by atoms with E-state index in [-0.39, 0.29) is 5.41 Å². The summed E-state index contributed by atoms with van der Waals surface area (Å²) in [5.74, 6) is -1.36. The normalized spacial score (nSPS) is 31.8. The van der Waals surface area contributed by atoms with Crippen LogP contribution in [0, 0.1) is 5.41 Å². The number of aliphatic hydroxyl groups is 2. The zero-order chi connectivity index (χ0) is 9.36. The molecule has 0 saturated heterocycles. The maximum Gasteiger partial charge on any atom is 0.168 e. The summed E-state index contributed by atoms with van der Waals surface area (Å²) in [6.45, 7) is 0. The Morgan fingerprint density at radius 1 is 0.615 bits per heavy atom. The molecule has 0 atom stereocenters. The predicted octanol–water partition coefficient (Wildman–Crippen LogP) is 2.19. The molecule has 2 nitrogen and oxygen atoms in total. The second-order valence-corrected chi connectivity index (χ2v) is 4.86. The van der Waals surface area contributed by atoms with Crippen LogP contribution in [0.4, 0.5) is 0 Å². The Balaban J connectivity index is 2.16. The van der Waals surface area contributed by atoms with E-state index >= 15 is 0 Å². The average molecular weight is 184 g/mol. The van der Waals surface area contributed by atoms with E-state index in [2.05, 4.69) is 0 Å². The summed E-state index contributed by atoms with van der Waals surface area (Å²) in [5.41, 5.74) is -0.135. The number of hydrogen-bond donors (Lipinski definition) is 2. The third-order valence-corrected chi connectivity index (χ3v) is 4.09. The van der Waals surface area contributed by atoms with E-state index in [1.54, 1.807) is 0 Å². The molecule has 2 rings (SSSR count). The molecule has 2 aliphatic carbocycles. The summed E-state index contributed by atoms with van der Waals surface area (Å²) < 4.78 is 0. The quantitative estimate of drug-likeness (QED) is 0.566. The Labute approximate surface area is 80.0 Å². The minimum atomic E-state index is -1.36. The van der Waals surface area contributed by atoms with Crippen LogP contribution in [-0.2, 0) is 0 Å². The highest BCUT2D eigenvalue weighted by Gasteiger charge is 2.50. The van der Waals surface area contributed by atoms with E-state index in [0.717, 1.165) is 25.7 Å². The van der Waals surface area contributed by atoms with Crippen LogP contribution in [-0.4, -0.2) is 16.0 Å². The van der Waals surface area contributed by atoms with Gasteiger partial charge in [0, 0.05) is 11.8 Å². The summed E-state index contributed by atoms with van der Waals surface area (Å²) in [7, 11) is 0. The van der Waals surface area contributed by atoms with Crippen LogP contribution in [0.2, 0.25) is 0 Å². The molecule has 0 aromatic heterocycles. The monoisotopic (exact) mass is 184 g/mol. The van der Waals surface area contributed by atoms with Crippen LogP contribution in [0.25, 0.3) is 0 Å². The van der Waals surface area contributed by atoms with Gasteiger partial charge in [0.2, 0.25) is 0 Å². The molecule has 2 fully saturated rings. The Morgan fingerprint density at radius 3 is 1.62 bits per heavy atom. The zero-order valence-corrected chi connectivity index (χ0v) is 8.26. The van der Waals surface area contributed by atoms with Gasteiger partial charge in [-0.1, -0.05) is 25.7 Å². The van der Waals surface area contributed by atoms with Gasteiger partial charge in [0.15, 0.2) is 5.79 Å². The molecule has 0 heterocycles. The number of hydrogen-bond acceptors (Lipinski definition) is 2. The lowest BCUT2D eigenvalue weighted by atomic mass is 9.61. The van der Waals surface area contributed by atoms with E-state index < -0.39 is 5.79 Å². The third kappa shape index (κ3) is 1.50. The van der Waals surface area contributed by atoms with Gasteiger partial charge in [0.25, 0.3) is 0 Å². The molecule has 0 aromatic rings. The Kier molecular flexibility index (Phi) is 2.37. The largest absolute Gasteiger partial charge is 0.365 e. The van der Waals surface area contributed by atoms with Crippen molar-refractivity contribution in [3.63, 3.8) is 0 Å². The molecular weight excluding hydrogens is 164 g/mol. The Hall–Kier alpha value is -0.0800. The lowest BCUT2D eigenvalue weighted by Gasteiger charge is -2.49. The second-order valence-electron chi connectivity index (χ2n) is 4.86. The Bertz CT molecular complexity index is 172. The first-order valence-corrected chi connectivity index (χ1v) is 5.61. The first-order chi connectivity index (χ1) is 6.16. The van der Waals surface area contributed by atoms with Gasteiger partial charge in [-0.3, -0.25) is 0 Å². The third-order valence-electron chi connectivity index (χ3n) is 4.09. The Morgan fingerprint density at radius 2 is 1.08 bits per heavy atom. The van der Waals surface area contributed by atoms with Gasteiger partial charge in [0.05, 0.1) is 0 Å². The molecule has 2 saturated carbocycles. The fourth-order valence-corrected chi connectivity index (χ4v) is 3.18. The summed E-state index contributed by atoms with van der Waals surface area (Å²) in [5, 5.41) is 20.0. The molecular formula is C11H20O2.